The highest BCUT2D eigenvalue weighted by Gasteiger charge is 2.50. The summed E-state index contributed by atoms with van der Waals surface area (Å²) in [6.07, 6.45) is 7.80. The maximum atomic E-state index is 15.5. The van der Waals surface area contributed by atoms with Gasteiger partial charge in [-0.15, -0.1) is 0 Å². The molecule has 1 amide bonds. The first kappa shape index (κ1) is 46.3. The van der Waals surface area contributed by atoms with E-state index >= 15 is 4.39 Å². The average Bonchev–Trinajstić information content (AvgIpc) is 3.33. The van der Waals surface area contributed by atoms with Gasteiger partial charge in [-0.05, 0) is 111 Å². The standard InChI is InChI=1S/C50H61FN8O8S/c1-33-5-3-4-6-41(33)45-30-55(29-35-23-42(51)48(52-28-35)57-19-22-66-31-34(57)2)17-18-58(45)39-26-50(27-39)13-15-56(16-14-50)38-9-7-37(8-10-38)49(60)54-68(63,64)40-24-44(59(61)62)47-46(25-40)67-32-43(53-47)36-11-20-65-21-12-36/h3-10,23-25,28,34,36,39,43,45,53H,11-22,26-27,29-32H2,1-2H3,(H,54,60)/t34-,43-,45-/m0/s1. The van der Waals surface area contributed by atoms with Gasteiger partial charge in [-0.3, -0.25) is 24.7 Å². The highest BCUT2D eigenvalue weighted by molar-refractivity contribution is 7.90. The third-order valence-electron chi connectivity index (χ3n) is 15.5. The van der Waals surface area contributed by atoms with Gasteiger partial charge in [0.25, 0.3) is 21.6 Å². The van der Waals surface area contributed by atoms with Gasteiger partial charge in [0.2, 0.25) is 0 Å². The zero-order chi connectivity index (χ0) is 47.2. The summed E-state index contributed by atoms with van der Waals surface area (Å²) in [6, 6.07) is 20.0. The number of piperazine rings is 1. The van der Waals surface area contributed by atoms with Crippen molar-refractivity contribution in [3.63, 3.8) is 0 Å². The minimum Gasteiger partial charge on any atom is -0.489 e. The molecule has 1 aliphatic carbocycles. The number of aromatic nitrogens is 1. The lowest BCUT2D eigenvalue weighted by atomic mass is 9.59. The van der Waals surface area contributed by atoms with Crippen LogP contribution >= 0.6 is 0 Å². The van der Waals surface area contributed by atoms with Gasteiger partial charge in [-0.25, -0.2) is 22.5 Å². The summed E-state index contributed by atoms with van der Waals surface area (Å²) in [6.45, 7) is 12.5. The monoisotopic (exact) mass is 952 g/mol. The molecule has 0 unspecified atom stereocenters. The number of pyridine rings is 1. The molecule has 68 heavy (non-hydrogen) atoms. The van der Waals surface area contributed by atoms with Crippen molar-refractivity contribution in [2.75, 3.05) is 87.4 Å². The van der Waals surface area contributed by atoms with Gasteiger partial charge in [-0.1, -0.05) is 24.3 Å². The predicted molar refractivity (Wildman–Crippen MR) is 255 cm³/mol. The number of carbonyl (C=O) groups is 1. The Morgan fingerprint density at radius 3 is 2.46 bits per heavy atom. The predicted octanol–water partition coefficient (Wildman–Crippen LogP) is 6.69. The van der Waals surface area contributed by atoms with Crippen LogP contribution in [0.15, 0.2) is 77.8 Å². The van der Waals surface area contributed by atoms with E-state index in [1.807, 2.05) is 30.2 Å². The van der Waals surface area contributed by atoms with E-state index in [1.54, 1.807) is 18.2 Å². The molecule has 3 atom stereocenters. The van der Waals surface area contributed by atoms with E-state index in [0.29, 0.717) is 51.4 Å². The van der Waals surface area contributed by atoms with Crippen molar-refractivity contribution in [2.24, 2.45) is 11.3 Å². The molecule has 362 valence electrons. The number of morpholine rings is 1. The van der Waals surface area contributed by atoms with Gasteiger partial charge in [0.05, 0.1) is 35.1 Å². The van der Waals surface area contributed by atoms with Crippen molar-refractivity contribution < 1.29 is 36.7 Å². The van der Waals surface area contributed by atoms with E-state index < -0.39 is 31.4 Å². The molecule has 0 radical (unpaired) electrons. The molecule has 10 rings (SSSR count). The quantitative estimate of drug-likeness (QED) is 0.120. The molecule has 16 nitrogen and oxygen atoms in total. The smallest absolute Gasteiger partial charge is 0.297 e. The van der Waals surface area contributed by atoms with Crippen molar-refractivity contribution in [3.05, 3.63) is 111 Å². The second kappa shape index (κ2) is 19.2. The zero-order valence-electron chi connectivity index (χ0n) is 38.8. The lowest BCUT2D eigenvalue weighted by Crippen LogP contribution is -2.59. The molecule has 0 bridgehead atoms. The van der Waals surface area contributed by atoms with Crippen LogP contribution in [0.25, 0.3) is 0 Å². The summed E-state index contributed by atoms with van der Waals surface area (Å²) < 4.78 is 61.5. The molecule has 4 aromatic rings. The van der Waals surface area contributed by atoms with E-state index in [-0.39, 0.29) is 58.9 Å². The Balaban J connectivity index is 0.740. The van der Waals surface area contributed by atoms with Crippen molar-refractivity contribution in [1.29, 1.82) is 0 Å². The number of amides is 1. The van der Waals surface area contributed by atoms with Gasteiger partial charge in [0.15, 0.2) is 23.1 Å². The van der Waals surface area contributed by atoms with E-state index in [4.69, 9.17) is 14.2 Å². The number of nitro groups is 1. The summed E-state index contributed by atoms with van der Waals surface area (Å²) in [5, 5.41) is 15.4. The maximum Gasteiger partial charge on any atom is 0.297 e. The number of piperidine rings is 1. The van der Waals surface area contributed by atoms with Crippen LogP contribution in [0.5, 0.6) is 5.75 Å². The fraction of sp³-hybridized carbons (Fsp3) is 0.520. The minimum atomic E-state index is -4.49. The molecule has 6 aliphatic rings. The number of sulfonamides is 1. The van der Waals surface area contributed by atoms with Gasteiger partial charge < -0.3 is 29.3 Å². The number of fused-ring (bicyclic) bond motifs is 1. The number of nitrogens with one attached hydrogen (secondary N) is 2. The van der Waals surface area contributed by atoms with Crippen LogP contribution < -0.4 is 24.6 Å². The highest BCUT2D eigenvalue weighted by Crippen LogP contribution is 2.53. The first-order valence-corrected chi connectivity index (χ1v) is 25.6. The van der Waals surface area contributed by atoms with E-state index in [0.717, 1.165) is 88.6 Å². The Bertz CT molecular complexity index is 2620. The Kier molecular flexibility index (Phi) is 13.1. The summed E-state index contributed by atoms with van der Waals surface area (Å²) in [5.41, 5.74) is 4.58. The number of carbonyl (C=O) groups excluding carboxylic acids is 1. The fourth-order valence-electron chi connectivity index (χ4n) is 11.5. The summed E-state index contributed by atoms with van der Waals surface area (Å²) >= 11 is 0. The highest BCUT2D eigenvalue weighted by atomic mass is 32.2. The Morgan fingerprint density at radius 2 is 1.74 bits per heavy atom. The van der Waals surface area contributed by atoms with Gasteiger partial charge in [-0.2, -0.15) is 0 Å². The molecule has 18 heteroatoms. The van der Waals surface area contributed by atoms with E-state index in [2.05, 4.69) is 60.9 Å². The van der Waals surface area contributed by atoms with E-state index in [1.165, 1.54) is 17.2 Å². The van der Waals surface area contributed by atoms with Crippen molar-refractivity contribution in [3.8, 4) is 5.75 Å². The van der Waals surface area contributed by atoms with E-state index in [9.17, 15) is 23.3 Å². The molecule has 2 N–H and O–H groups in total. The molecule has 5 fully saturated rings. The van der Waals surface area contributed by atoms with Gasteiger partial charge >= 0.3 is 0 Å². The number of halogens is 1. The molecule has 5 aliphatic heterocycles. The van der Waals surface area contributed by atoms with Crippen LogP contribution in [0.3, 0.4) is 0 Å². The molecule has 1 spiro atoms. The second-order valence-corrected chi connectivity index (χ2v) is 21.4. The molecule has 1 aromatic heterocycles. The normalized spacial score (nSPS) is 23.8. The van der Waals surface area contributed by atoms with Gasteiger partial charge in [0.1, 0.15) is 6.61 Å². The first-order valence-electron chi connectivity index (χ1n) is 24.1. The number of aryl methyl sites for hydroxylation is 1. The van der Waals surface area contributed by atoms with Gasteiger partial charge in [0, 0.05) is 101 Å². The second-order valence-electron chi connectivity index (χ2n) is 19.7. The van der Waals surface area contributed by atoms with Crippen LogP contribution in [0.1, 0.15) is 78.5 Å². The third kappa shape index (κ3) is 9.49. The number of rotatable bonds is 11. The van der Waals surface area contributed by atoms with Crippen LogP contribution in [0, 0.1) is 34.2 Å². The number of hydrogen-bond donors (Lipinski definition) is 2. The lowest BCUT2D eigenvalue weighted by molar-refractivity contribution is -0.384. The Labute approximate surface area is 397 Å². The number of ether oxygens (including phenoxy) is 3. The largest absolute Gasteiger partial charge is 0.489 e. The number of hydrogen-bond acceptors (Lipinski definition) is 14. The molecular formula is C50H61FN8O8S. The summed E-state index contributed by atoms with van der Waals surface area (Å²) in [7, 11) is -4.49. The Hall–Kier alpha value is -5.40. The number of benzene rings is 3. The fourth-order valence-corrected chi connectivity index (χ4v) is 12.5. The average molecular weight is 953 g/mol. The Morgan fingerprint density at radius 1 is 0.971 bits per heavy atom. The summed E-state index contributed by atoms with van der Waals surface area (Å²) in [4.78, 5) is 38.5. The number of nitrogens with zero attached hydrogens (tertiary/aromatic N) is 6. The van der Waals surface area contributed by atoms with Crippen LogP contribution in [-0.2, 0) is 26.0 Å². The number of anilines is 3. The zero-order valence-corrected chi connectivity index (χ0v) is 39.6. The molecule has 1 saturated carbocycles. The molecular weight excluding hydrogens is 892 g/mol. The summed E-state index contributed by atoms with van der Waals surface area (Å²) in [5.74, 6) is -0.463. The molecule has 3 aromatic carbocycles. The van der Waals surface area contributed by atoms with Crippen LogP contribution in [0.2, 0.25) is 0 Å². The van der Waals surface area contributed by atoms with Crippen molar-refractivity contribution in [2.45, 2.75) is 88.0 Å². The molecule has 6 heterocycles. The third-order valence-corrected chi connectivity index (χ3v) is 16.8. The minimum absolute atomic E-state index is 0.0514. The van der Waals surface area contributed by atoms with Crippen molar-refractivity contribution >= 4 is 38.8 Å². The topological polar surface area (TPSA) is 172 Å². The maximum absolute atomic E-state index is 15.5. The lowest BCUT2D eigenvalue weighted by Gasteiger charge is -2.58. The number of nitro benzene ring substituents is 1. The molecule has 4 saturated heterocycles. The SMILES string of the molecule is Cc1ccccc1[C@@H]1CN(Cc2cnc(N3CCOC[C@@H]3C)c(F)c2)CCN1C1CC2(CCN(c3ccc(C(=O)NS(=O)(=O)c4cc5c(c([N+](=O)[O-])c4)N[C@H](C4CCOCC4)CO5)cc3)CC2)C1. The van der Waals surface area contributed by atoms with Crippen LogP contribution in [0.4, 0.5) is 27.3 Å². The van der Waals surface area contributed by atoms with Crippen LogP contribution in [-0.4, -0.2) is 124 Å². The first-order chi connectivity index (χ1) is 32.8. The van der Waals surface area contributed by atoms with Crippen molar-refractivity contribution in [1.82, 2.24) is 19.5 Å².